The molecule has 3 rings (SSSR count). The van der Waals surface area contributed by atoms with Gasteiger partial charge in [0.05, 0.1) is 5.56 Å². The van der Waals surface area contributed by atoms with Gasteiger partial charge in [0.15, 0.2) is 0 Å². The van der Waals surface area contributed by atoms with Gasteiger partial charge in [0.1, 0.15) is 0 Å². The number of carbonyl (C=O) groups is 1. The van der Waals surface area contributed by atoms with Crippen LogP contribution in [0, 0.1) is 13.8 Å². The van der Waals surface area contributed by atoms with Crippen molar-refractivity contribution in [3.63, 3.8) is 0 Å². The zero-order valence-corrected chi connectivity index (χ0v) is 16.5. The smallest absolute Gasteiger partial charge is 0.256 e. The van der Waals surface area contributed by atoms with E-state index in [9.17, 15) is 9.90 Å². The second kappa shape index (κ2) is 7.45. The van der Waals surface area contributed by atoms with Crippen molar-refractivity contribution >= 4 is 17.5 Å². The summed E-state index contributed by atoms with van der Waals surface area (Å²) in [5.41, 5.74) is 3.50. The van der Waals surface area contributed by atoms with Gasteiger partial charge >= 0.3 is 0 Å². The van der Waals surface area contributed by atoms with E-state index in [4.69, 9.17) is 11.6 Å². The first kappa shape index (κ1) is 19.0. The third-order valence-corrected chi connectivity index (χ3v) is 5.83. The van der Waals surface area contributed by atoms with Gasteiger partial charge in [0.25, 0.3) is 5.91 Å². The van der Waals surface area contributed by atoms with Gasteiger partial charge in [-0.05, 0) is 70.7 Å². The van der Waals surface area contributed by atoms with Crippen molar-refractivity contribution in [2.75, 3.05) is 13.2 Å². The first-order valence-electron chi connectivity index (χ1n) is 9.25. The summed E-state index contributed by atoms with van der Waals surface area (Å²) in [5.74, 6) is 0.0873. The van der Waals surface area contributed by atoms with Gasteiger partial charge in [-0.1, -0.05) is 17.7 Å². The second-order valence-electron chi connectivity index (χ2n) is 7.48. The molecule has 0 radical (unpaired) electrons. The van der Waals surface area contributed by atoms with Gasteiger partial charge in [-0.3, -0.25) is 4.79 Å². The molecule has 2 heterocycles. The Hall–Kier alpha value is -1.78. The first-order chi connectivity index (χ1) is 12.4. The second-order valence-corrected chi connectivity index (χ2v) is 7.92. The number of likely N-dealkylation sites (tertiary alicyclic amines) is 1. The molecule has 1 aliphatic rings. The number of halogens is 1. The van der Waals surface area contributed by atoms with Gasteiger partial charge in [-0.25, -0.2) is 0 Å². The lowest BCUT2D eigenvalue weighted by Crippen LogP contribution is -2.45. The van der Waals surface area contributed by atoms with Crippen LogP contribution in [-0.2, 0) is 0 Å². The maximum Gasteiger partial charge on any atom is 0.256 e. The monoisotopic (exact) mass is 374 g/mol. The van der Waals surface area contributed by atoms with Gasteiger partial charge in [-0.15, -0.1) is 0 Å². The van der Waals surface area contributed by atoms with Gasteiger partial charge < -0.3 is 14.6 Å². The summed E-state index contributed by atoms with van der Waals surface area (Å²) in [5, 5.41) is 9.88. The maximum absolute atomic E-state index is 13.3. The van der Waals surface area contributed by atoms with E-state index in [2.05, 4.69) is 11.5 Å². The number of aliphatic hydroxyl groups excluding tert-OH is 1. The van der Waals surface area contributed by atoms with E-state index in [0.717, 1.165) is 54.9 Å². The standard InChI is InChI=1S/C21H27ClN2O2/c1-15-13-19(16(2)24(15)18-8-4-7-17(22)14-18)20(26)23-11-5-9-21(23,3)10-6-12-25/h4,7-8,13-14,25H,5-6,9-12H2,1-3H3/t21-/m1/s1. The van der Waals surface area contributed by atoms with Crippen molar-refractivity contribution in [1.82, 2.24) is 9.47 Å². The minimum Gasteiger partial charge on any atom is -0.396 e. The van der Waals surface area contributed by atoms with Crippen LogP contribution in [0.5, 0.6) is 0 Å². The quantitative estimate of drug-likeness (QED) is 0.836. The van der Waals surface area contributed by atoms with Crippen molar-refractivity contribution in [2.24, 2.45) is 0 Å². The van der Waals surface area contributed by atoms with E-state index in [1.165, 1.54) is 0 Å². The van der Waals surface area contributed by atoms with Crippen LogP contribution in [0.4, 0.5) is 0 Å². The van der Waals surface area contributed by atoms with E-state index >= 15 is 0 Å². The molecule has 0 aliphatic carbocycles. The Morgan fingerprint density at radius 3 is 2.77 bits per heavy atom. The fraction of sp³-hybridized carbons (Fsp3) is 0.476. The molecular weight excluding hydrogens is 348 g/mol. The van der Waals surface area contributed by atoms with Crippen molar-refractivity contribution in [3.8, 4) is 5.69 Å². The molecule has 4 nitrogen and oxygen atoms in total. The Balaban J connectivity index is 1.95. The molecule has 26 heavy (non-hydrogen) atoms. The summed E-state index contributed by atoms with van der Waals surface area (Å²) in [6.07, 6.45) is 3.57. The zero-order valence-electron chi connectivity index (χ0n) is 15.8. The van der Waals surface area contributed by atoms with E-state index in [-0.39, 0.29) is 18.1 Å². The number of carbonyl (C=O) groups excluding carboxylic acids is 1. The molecule has 1 saturated heterocycles. The van der Waals surface area contributed by atoms with Gasteiger partial charge in [-0.2, -0.15) is 0 Å². The maximum atomic E-state index is 13.3. The van der Waals surface area contributed by atoms with Crippen LogP contribution in [0.3, 0.4) is 0 Å². The van der Waals surface area contributed by atoms with E-state index in [0.29, 0.717) is 5.02 Å². The normalized spacial score (nSPS) is 20.0. The van der Waals surface area contributed by atoms with Crippen LogP contribution in [0.1, 0.15) is 54.4 Å². The third-order valence-electron chi connectivity index (χ3n) is 5.60. The van der Waals surface area contributed by atoms with Crippen LogP contribution in [-0.4, -0.2) is 39.2 Å². The highest BCUT2D eigenvalue weighted by Gasteiger charge is 2.40. The van der Waals surface area contributed by atoms with Crippen LogP contribution in [0.25, 0.3) is 5.69 Å². The Kier molecular flexibility index (Phi) is 5.44. The number of aromatic nitrogens is 1. The molecule has 1 aromatic heterocycles. The molecule has 0 unspecified atom stereocenters. The largest absolute Gasteiger partial charge is 0.396 e. The topological polar surface area (TPSA) is 45.5 Å². The van der Waals surface area contributed by atoms with Crippen molar-refractivity contribution in [3.05, 3.63) is 52.3 Å². The predicted octanol–water partition coefficient (Wildman–Crippen LogP) is 4.51. The lowest BCUT2D eigenvalue weighted by Gasteiger charge is -2.35. The summed E-state index contributed by atoms with van der Waals surface area (Å²) in [6, 6.07) is 9.66. The van der Waals surface area contributed by atoms with Crippen molar-refractivity contribution in [2.45, 2.75) is 52.0 Å². The number of hydrogen-bond acceptors (Lipinski definition) is 2. The minimum atomic E-state index is -0.168. The SMILES string of the molecule is Cc1cc(C(=O)N2CCC[C@]2(C)CCCO)c(C)n1-c1cccc(Cl)c1. The molecule has 1 aliphatic heterocycles. The predicted molar refractivity (Wildman–Crippen MR) is 105 cm³/mol. The number of nitrogens with zero attached hydrogens (tertiary/aromatic N) is 2. The summed E-state index contributed by atoms with van der Waals surface area (Å²) in [7, 11) is 0. The number of benzene rings is 1. The third kappa shape index (κ3) is 3.40. The summed E-state index contributed by atoms with van der Waals surface area (Å²) in [4.78, 5) is 15.3. The van der Waals surface area contributed by atoms with Crippen molar-refractivity contribution < 1.29 is 9.90 Å². The van der Waals surface area contributed by atoms with Crippen LogP contribution in [0.15, 0.2) is 30.3 Å². The van der Waals surface area contributed by atoms with Gasteiger partial charge in [0, 0.05) is 40.8 Å². The van der Waals surface area contributed by atoms with Crippen LogP contribution in [0.2, 0.25) is 5.02 Å². The lowest BCUT2D eigenvalue weighted by atomic mass is 9.92. The minimum absolute atomic E-state index is 0.0873. The first-order valence-corrected chi connectivity index (χ1v) is 9.63. The highest BCUT2D eigenvalue weighted by Crippen LogP contribution is 2.35. The molecule has 1 fully saturated rings. The molecule has 2 aromatic rings. The number of hydrogen-bond donors (Lipinski definition) is 1. The molecule has 0 saturated carbocycles. The highest BCUT2D eigenvalue weighted by molar-refractivity contribution is 6.30. The summed E-state index contributed by atoms with van der Waals surface area (Å²) in [6.45, 7) is 7.09. The molecule has 0 bridgehead atoms. The Morgan fingerprint density at radius 1 is 1.31 bits per heavy atom. The molecule has 1 atom stereocenters. The Morgan fingerprint density at radius 2 is 2.08 bits per heavy atom. The average molecular weight is 375 g/mol. The Bertz CT molecular complexity index is 814. The molecule has 1 N–H and O–H groups in total. The number of aliphatic hydroxyl groups is 1. The molecule has 1 aromatic carbocycles. The Labute approximate surface area is 160 Å². The highest BCUT2D eigenvalue weighted by atomic mass is 35.5. The molecule has 1 amide bonds. The van der Waals surface area contributed by atoms with Crippen LogP contribution >= 0.6 is 11.6 Å². The number of aryl methyl sites for hydroxylation is 1. The molecular formula is C21H27ClN2O2. The van der Waals surface area contributed by atoms with Crippen LogP contribution < -0.4 is 0 Å². The number of rotatable bonds is 5. The average Bonchev–Trinajstić information content (AvgIpc) is 3.13. The molecule has 140 valence electrons. The fourth-order valence-electron chi connectivity index (χ4n) is 4.23. The van der Waals surface area contributed by atoms with E-state index in [1.54, 1.807) is 0 Å². The molecule has 0 spiro atoms. The lowest BCUT2D eigenvalue weighted by molar-refractivity contribution is 0.0594. The summed E-state index contributed by atoms with van der Waals surface area (Å²) >= 11 is 6.15. The number of amides is 1. The van der Waals surface area contributed by atoms with E-state index in [1.807, 2.05) is 49.1 Å². The van der Waals surface area contributed by atoms with Gasteiger partial charge in [0.2, 0.25) is 0 Å². The molecule has 5 heteroatoms. The summed E-state index contributed by atoms with van der Waals surface area (Å²) < 4.78 is 2.08. The van der Waals surface area contributed by atoms with Crippen molar-refractivity contribution in [1.29, 1.82) is 0 Å². The van der Waals surface area contributed by atoms with E-state index < -0.39 is 0 Å². The zero-order chi connectivity index (χ0) is 18.9. The fourth-order valence-corrected chi connectivity index (χ4v) is 4.41.